The third kappa shape index (κ3) is 1.81. The summed E-state index contributed by atoms with van der Waals surface area (Å²) < 4.78 is 22.0. The first-order valence-electron chi connectivity index (χ1n) is 3.50. The molecule has 0 aromatic rings. The molecule has 0 aromatic carbocycles. The lowest BCUT2D eigenvalue weighted by Gasteiger charge is -2.30. The summed E-state index contributed by atoms with van der Waals surface area (Å²) in [6, 6.07) is 0. The van der Waals surface area contributed by atoms with Crippen LogP contribution in [-0.4, -0.2) is 25.2 Å². The molecule has 4 heteroatoms. The lowest BCUT2D eigenvalue weighted by atomic mass is 10.5. The van der Waals surface area contributed by atoms with E-state index in [2.05, 4.69) is 0 Å². The molecule has 0 aliphatic carbocycles. The predicted octanol–water partition coefficient (Wildman–Crippen LogP) is 0.624. The van der Waals surface area contributed by atoms with Crippen LogP contribution in [0.25, 0.3) is 0 Å². The van der Waals surface area contributed by atoms with Crippen LogP contribution in [0.4, 0.5) is 0 Å². The molecule has 10 heavy (non-hydrogen) atoms. The Morgan fingerprint density at radius 1 is 1.70 bits per heavy atom. The van der Waals surface area contributed by atoms with Gasteiger partial charge in [0.15, 0.2) is 0 Å². The fraction of sp³-hybridized carbons (Fsp3) is 1.00. The smallest absolute Gasteiger partial charge is 0.266 e. The second kappa shape index (κ2) is 3.85. The summed E-state index contributed by atoms with van der Waals surface area (Å²) in [7, 11) is 0. The maximum Gasteiger partial charge on any atom is 0.266 e. The molecule has 1 aliphatic rings. The normalized spacial score (nSPS) is 35.1. The van der Waals surface area contributed by atoms with E-state index in [1.165, 1.54) is 0 Å². The molecule has 1 heterocycles. The average molecular weight is 180 g/mol. The fourth-order valence-corrected chi connectivity index (χ4v) is 4.27. The van der Waals surface area contributed by atoms with Gasteiger partial charge in [0.25, 0.3) is 4.58 Å². The SMILES string of the molecule is CCC[S+]([O-])C1CC[S+]1[O-]. The number of hydrogen-bond acceptors (Lipinski definition) is 2. The van der Waals surface area contributed by atoms with E-state index in [9.17, 15) is 9.11 Å². The third-order valence-corrected chi connectivity index (χ3v) is 5.93. The van der Waals surface area contributed by atoms with Crippen LogP contribution in [0.5, 0.6) is 0 Å². The largest absolute Gasteiger partial charge is 0.612 e. The van der Waals surface area contributed by atoms with E-state index < -0.39 is 22.4 Å². The second-order valence-electron chi connectivity index (χ2n) is 2.39. The minimum absolute atomic E-state index is 0.0138. The van der Waals surface area contributed by atoms with Crippen molar-refractivity contribution in [1.82, 2.24) is 0 Å². The van der Waals surface area contributed by atoms with Crippen molar-refractivity contribution in [3.05, 3.63) is 0 Å². The van der Waals surface area contributed by atoms with Crippen molar-refractivity contribution in [3.63, 3.8) is 0 Å². The van der Waals surface area contributed by atoms with Gasteiger partial charge in [0.2, 0.25) is 0 Å². The molecule has 3 atom stereocenters. The summed E-state index contributed by atoms with van der Waals surface area (Å²) in [5.41, 5.74) is 0. The van der Waals surface area contributed by atoms with Gasteiger partial charge in [-0.25, -0.2) is 0 Å². The van der Waals surface area contributed by atoms with E-state index in [-0.39, 0.29) is 4.58 Å². The molecule has 2 nitrogen and oxygen atoms in total. The zero-order valence-electron chi connectivity index (χ0n) is 6.04. The van der Waals surface area contributed by atoms with Crippen LogP contribution < -0.4 is 0 Å². The Kier molecular flexibility index (Phi) is 3.36. The molecule has 0 aromatic heterocycles. The Bertz CT molecular complexity index is 110. The van der Waals surface area contributed by atoms with Gasteiger partial charge in [-0.15, -0.1) is 0 Å². The molecule has 0 radical (unpaired) electrons. The summed E-state index contributed by atoms with van der Waals surface area (Å²) >= 11 is -1.57. The van der Waals surface area contributed by atoms with Crippen LogP contribution in [0.1, 0.15) is 19.8 Å². The summed E-state index contributed by atoms with van der Waals surface area (Å²) in [6.45, 7) is 2.00. The molecule has 1 saturated heterocycles. The van der Waals surface area contributed by atoms with E-state index in [4.69, 9.17) is 0 Å². The summed E-state index contributed by atoms with van der Waals surface area (Å²) in [5.74, 6) is 1.48. The fourth-order valence-electron chi connectivity index (χ4n) is 0.894. The van der Waals surface area contributed by atoms with Crippen molar-refractivity contribution >= 4 is 22.4 Å². The molecule has 0 N–H and O–H groups in total. The summed E-state index contributed by atoms with van der Waals surface area (Å²) in [5, 5.41) is 0. The topological polar surface area (TPSA) is 46.1 Å². The zero-order chi connectivity index (χ0) is 7.56. The third-order valence-electron chi connectivity index (χ3n) is 1.55. The van der Waals surface area contributed by atoms with Gasteiger partial charge in [-0.3, -0.25) is 0 Å². The minimum Gasteiger partial charge on any atom is -0.612 e. The van der Waals surface area contributed by atoms with Crippen LogP contribution >= 0.6 is 0 Å². The summed E-state index contributed by atoms with van der Waals surface area (Å²) in [6.07, 6.45) is 1.83. The van der Waals surface area contributed by atoms with E-state index >= 15 is 0 Å². The molecule has 3 unspecified atom stereocenters. The van der Waals surface area contributed by atoms with Gasteiger partial charge in [-0.2, -0.15) is 0 Å². The first-order valence-corrected chi connectivity index (χ1v) is 6.26. The van der Waals surface area contributed by atoms with Crippen LogP contribution in [0.2, 0.25) is 0 Å². The zero-order valence-corrected chi connectivity index (χ0v) is 7.67. The molecule has 0 bridgehead atoms. The molecule has 1 rings (SSSR count). The van der Waals surface area contributed by atoms with E-state index in [1.54, 1.807) is 0 Å². The molecular formula is C6H12O2S2. The highest BCUT2D eigenvalue weighted by Gasteiger charge is 2.42. The molecule has 0 saturated carbocycles. The van der Waals surface area contributed by atoms with Gasteiger partial charge in [0, 0.05) is 22.4 Å². The van der Waals surface area contributed by atoms with Gasteiger partial charge < -0.3 is 9.11 Å². The van der Waals surface area contributed by atoms with Crippen molar-refractivity contribution in [2.75, 3.05) is 11.5 Å². The van der Waals surface area contributed by atoms with Crippen molar-refractivity contribution in [3.8, 4) is 0 Å². The van der Waals surface area contributed by atoms with E-state index in [1.807, 2.05) is 6.92 Å². The Hall–Kier alpha value is 0.620. The summed E-state index contributed by atoms with van der Waals surface area (Å²) in [4.78, 5) is 0. The molecule has 1 fully saturated rings. The number of rotatable bonds is 3. The van der Waals surface area contributed by atoms with Crippen molar-refractivity contribution in [2.45, 2.75) is 24.3 Å². The molecule has 60 valence electrons. The molecule has 1 aliphatic heterocycles. The van der Waals surface area contributed by atoms with Crippen LogP contribution in [0.3, 0.4) is 0 Å². The standard InChI is InChI=1S/C6H12O2S2/c1-2-4-9(7)6-3-5-10(6)8/h6H,2-5H2,1H3. The van der Waals surface area contributed by atoms with Crippen LogP contribution in [0.15, 0.2) is 0 Å². The highest BCUT2D eigenvalue weighted by atomic mass is 32.3. The minimum atomic E-state index is -0.808. The second-order valence-corrected chi connectivity index (χ2v) is 6.16. The lowest BCUT2D eigenvalue weighted by Crippen LogP contribution is -2.43. The van der Waals surface area contributed by atoms with E-state index in [0.29, 0.717) is 0 Å². The van der Waals surface area contributed by atoms with Gasteiger partial charge in [0.05, 0.1) is 6.42 Å². The quantitative estimate of drug-likeness (QED) is 0.598. The number of hydrogen-bond donors (Lipinski definition) is 0. The van der Waals surface area contributed by atoms with E-state index in [0.717, 1.165) is 24.3 Å². The van der Waals surface area contributed by atoms with Crippen molar-refractivity contribution in [1.29, 1.82) is 0 Å². The molecule has 0 spiro atoms. The first-order chi connectivity index (χ1) is 4.75. The van der Waals surface area contributed by atoms with Crippen molar-refractivity contribution < 1.29 is 9.11 Å². The Balaban J connectivity index is 2.20. The Morgan fingerprint density at radius 3 is 2.70 bits per heavy atom. The Labute approximate surface area is 67.7 Å². The molecular weight excluding hydrogens is 168 g/mol. The highest BCUT2D eigenvalue weighted by molar-refractivity contribution is 8.10. The maximum absolute atomic E-state index is 11.2. The first kappa shape index (κ1) is 8.71. The molecule has 0 amide bonds. The highest BCUT2D eigenvalue weighted by Crippen LogP contribution is 2.26. The van der Waals surface area contributed by atoms with Gasteiger partial charge in [0.1, 0.15) is 11.5 Å². The average Bonchev–Trinajstić information content (AvgIpc) is 1.85. The monoisotopic (exact) mass is 180 g/mol. The van der Waals surface area contributed by atoms with Gasteiger partial charge in [-0.05, 0) is 6.42 Å². The lowest BCUT2D eigenvalue weighted by molar-refractivity contribution is 0.552. The van der Waals surface area contributed by atoms with Crippen LogP contribution in [-0.2, 0) is 22.4 Å². The van der Waals surface area contributed by atoms with Crippen molar-refractivity contribution in [2.24, 2.45) is 0 Å². The predicted molar refractivity (Wildman–Crippen MR) is 44.7 cm³/mol. The maximum atomic E-state index is 11.2. The van der Waals surface area contributed by atoms with Crippen LogP contribution in [0, 0.1) is 0 Å². The van der Waals surface area contributed by atoms with Gasteiger partial charge in [-0.1, -0.05) is 6.92 Å². The van der Waals surface area contributed by atoms with Gasteiger partial charge >= 0.3 is 0 Å². The Morgan fingerprint density at radius 2 is 2.40 bits per heavy atom.